The van der Waals surface area contributed by atoms with Gasteiger partial charge in [0.15, 0.2) is 0 Å². The fraction of sp³-hybridized carbons (Fsp3) is 0.170. The van der Waals surface area contributed by atoms with Gasteiger partial charge < -0.3 is 19.6 Å². The van der Waals surface area contributed by atoms with Crippen LogP contribution in [0.3, 0.4) is 0 Å². The molecule has 0 N–H and O–H groups in total. The molecule has 0 unspecified atom stereocenters. The van der Waals surface area contributed by atoms with E-state index in [1.54, 1.807) is 97.1 Å². The highest BCUT2D eigenvalue weighted by molar-refractivity contribution is 8.11. The Kier molecular flexibility index (Phi) is 29.2. The van der Waals surface area contributed by atoms with Crippen molar-refractivity contribution in [2.24, 2.45) is 0 Å². The van der Waals surface area contributed by atoms with Gasteiger partial charge in [-0.25, -0.2) is 67.3 Å². The van der Waals surface area contributed by atoms with E-state index >= 15 is 0 Å². The minimum atomic E-state index is -4.63. The highest BCUT2D eigenvalue weighted by Crippen LogP contribution is 2.37. The van der Waals surface area contributed by atoms with E-state index in [1.165, 1.54) is 146 Å². The molecule has 0 atom stereocenters. The Bertz CT molecular complexity index is 6140. The largest absolute Gasteiger partial charge is 0.371 e. The van der Waals surface area contributed by atoms with E-state index in [4.69, 9.17) is 0 Å². The summed E-state index contributed by atoms with van der Waals surface area (Å²) >= 11 is 0. The molecule has 0 aliphatic heterocycles. The molecule has 0 aromatic heterocycles. The van der Waals surface area contributed by atoms with Crippen molar-refractivity contribution < 1.29 is 67.3 Å². The van der Waals surface area contributed by atoms with Crippen molar-refractivity contribution in [3.8, 4) is 0 Å². The Morgan fingerprint density at radius 2 is 0.352 bits per heavy atom. The maximum Gasteiger partial charge on any atom is 0.277 e. The first-order valence-electron chi connectivity index (χ1n) is 41.0. The minimum absolute atomic E-state index is 0.0574. The van der Waals surface area contributed by atoms with Crippen LogP contribution in [0.25, 0.3) is 0 Å². The normalized spacial score (nSPS) is 12.7. The third-order valence-corrected chi connectivity index (χ3v) is 38.0. The standard InChI is InChI=1S/C94H96N10O16S8/c1-5-95(69-73-121(105,106)101(87-33-17-9-18-34-87)125(113,114)91-41-25-13-26-42-91)77-49-57-81(58-50-77)99(82-59-51-78(52-60-82)96(6-2)70-74-122(107,108)102(88-35-19-10-20-36-88)126(115,116)92-43-27-14-28-44-92)85-65-67-86(68-66-85)100(83-61-53-79(54-62-83)97(7-3)71-75-123(109,110)103(89-37-21-11-22-38-89)127(117,118)93-45-29-15-30-46-93)84-63-55-80(56-64-84)98(8-4)72-76-124(111,112)104(90-39-23-12-24-40-90)128(119,120)94-47-31-16-32-48-94/h9-68H,5-8,69-76H2,1-4H3/q+2. The van der Waals surface area contributed by atoms with Crippen LogP contribution in [0.15, 0.2) is 384 Å². The summed E-state index contributed by atoms with van der Waals surface area (Å²) in [6.45, 7) is 8.13. The monoisotopic (exact) mass is 1880 g/mol. The van der Waals surface area contributed by atoms with Gasteiger partial charge in [0, 0.05) is 148 Å². The molecule has 12 aromatic rings. The molecule has 0 saturated carbocycles. The van der Waals surface area contributed by atoms with E-state index in [0.717, 1.165) is 0 Å². The second kappa shape index (κ2) is 40.2. The number of hydrogen-bond acceptors (Lipinski definition) is 20. The number of allylic oxidation sites excluding steroid dienone is 4. The number of para-hydroxylation sites is 4. The molecule has 26 nitrogen and oxygen atoms in total. The van der Waals surface area contributed by atoms with Gasteiger partial charge in [-0.05, 0) is 173 Å². The third-order valence-electron chi connectivity index (χ3n) is 21.2. The first kappa shape index (κ1) is 93.1. The smallest absolute Gasteiger partial charge is 0.277 e. The lowest BCUT2D eigenvalue weighted by atomic mass is 10.1. The summed E-state index contributed by atoms with van der Waals surface area (Å²) < 4.78 is 237. The molecule has 0 spiro atoms. The van der Waals surface area contributed by atoms with Gasteiger partial charge in [0.05, 0.1) is 65.3 Å². The second-order valence-electron chi connectivity index (χ2n) is 29.2. The summed E-state index contributed by atoms with van der Waals surface area (Å²) in [5.74, 6) is -2.42. The van der Waals surface area contributed by atoms with E-state index in [-0.39, 0.29) is 68.5 Å². The molecule has 1 aliphatic carbocycles. The van der Waals surface area contributed by atoms with Crippen LogP contribution in [0.2, 0.25) is 0 Å². The van der Waals surface area contributed by atoms with Crippen LogP contribution < -0.4 is 43.6 Å². The van der Waals surface area contributed by atoms with Gasteiger partial charge in [0.1, 0.15) is 0 Å². The van der Waals surface area contributed by atoms with Gasteiger partial charge in [-0.15, -0.1) is 0 Å². The van der Waals surface area contributed by atoms with Crippen LogP contribution in [0.4, 0.5) is 68.2 Å². The Morgan fingerprint density at radius 1 is 0.195 bits per heavy atom. The Balaban J connectivity index is 0.868. The number of anilines is 8. The molecule has 13 rings (SSSR count). The van der Waals surface area contributed by atoms with Crippen LogP contribution in [-0.4, -0.2) is 154 Å². The number of nitrogens with zero attached hydrogens (tertiary/aromatic N) is 10. The fourth-order valence-electron chi connectivity index (χ4n) is 14.8. The lowest BCUT2D eigenvalue weighted by Crippen LogP contribution is -2.41. The number of sulfonamides is 8. The van der Waals surface area contributed by atoms with E-state index in [1.807, 2.05) is 178 Å². The van der Waals surface area contributed by atoms with Crippen molar-refractivity contribution in [1.82, 2.24) is 9.15 Å². The van der Waals surface area contributed by atoms with Crippen molar-refractivity contribution in [3.05, 3.63) is 364 Å². The Hall–Kier alpha value is -12.5. The Labute approximate surface area is 751 Å². The zero-order valence-electron chi connectivity index (χ0n) is 70.4. The van der Waals surface area contributed by atoms with E-state index in [2.05, 4.69) is 0 Å². The molecule has 0 radical (unpaired) electrons. The first-order chi connectivity index (χ1) is 61.3. The van der Waals surface area contributed by atoms with Gasteiger partial charge >= 0.3 is 0 Å². The molecule has 34 heteroatoms. The predicted molar refractivity (Wildman–Crippen MR) is 514 cm³/mol. The van der Waals surface area contributed by atoms with E-state index in [9.17, 15) is 67.3 Å². The number of hydrogen-bond donors (Lipinski definition) is 0. The summed E-state index contributed by atoms with van der Waals surface area (Å²) in [6.07, 6.45) is 7.59. The van der Waals surface area contributed by atoms with Crippen LogP contribution in [-0.2, 0) is 80.2 Å². The number of benzene rings is 12. The molecular formula is C94H96N10O16S8+2. The van der Waals surface area contributed by atoms with Crippen LogP contribution >= 0.6 is 0 Å². The van der Waals surface area contributed by atoms with Gasteiger partial charge in [0.2, 0.25) is 74.3 Å². The van der Waals surface area contributed by atoms with Crippen LogP contribution in [0.1, 0.15) is 27.7 Å². The molecule has 12 aromatic carbocycles. The van der Waals surface area contributed by atoms with Gasteiger partial charge in [-0.1, -0.05) is 146 Å². The summed E-state index contributed by atoms with van der Waals surface area (Å²) in [5, 5.41) is 0. The lowest BCUT2D eigenvalue weighted by molar-refractivity contribution is 0.580. The average Bonchev–Trinajstić information content (AvgIpc) is 0.772. The van der Waals surface area contributed by atoms with Crippen LogP contribution in [0.5, 0.6) is 0 Å². The average molecular weight is 1880 g/mol. The lowest BCUT2D eigenvalue weighted by Gasteiger charge is -2.27. The molecule has 0 bridgehead atoms. The number of rotatable bonds is 40. The maximum atomic E-state index is 14.6. The van der Waals surface area contributed by atoms with Crippen molar-refractivity contribution in [1.29, 1.82) is 0 Å². The highest BCUT2D eigenvalue weighted by Gasteiger charge is 2.41. The Morgan fingerprint density at radius 3 is 0.508 bits per heavy atom. The van der Waals surface area contributed by atoms with Crippen molar-refractivity contribution in [2.75, 3.05) is 110 Å². The molecule has 0 heterocycles. The highest BCUT2D eigenvalue weighted by atomic mass is 32.3. The molecule has 0 fully saturated rings. The van der Waals surface area contributed by atoms with Crippen LogP contribution in [0, 0.1) is 0 Å². The van der Waals surface area contributed by atoms with Gasteiger partial charge in [0.25, 0.3) is 40.1 Å². The molecule has 128 heavy (non-hydrogen) atoms. The zero-order valence-corrected chi connectivity index (χ0v) is 76.9. The summed E-state index contributed by atoms with van der Waals surface area (Å²) in [6, 6.07) is 89.2. The molecule has 664 valence electrons. The third kappa shape index (κ3) is 21.0. The van der Waals surface area contributed by atoms with Crippen molar-refractivity contribution >= 4 is 160 Å². The minimum Gasteiger partial charge on any atom is -0.371 e. The van der Waals surface area contributed by atoms with Gasteiger partial charge in [-0.3, -0.25) is 0 Å². The second-order valence-corrected chi connectivity index (χ2v) is 45.1. The van der Waals surface area contributed by atoms with E-state index in [0.29, 0.717) is 97.9 Å². The molecule has 0 saturated heterocycles. The van der Waals surface area contributed by atoms with Crippen molar-refractivity contribution in [2.45, 2.75) is 47.3 Å². The van der Waals surface area contributed by atoms with Crippen molar-refractivity contribution in [3.63, 3.8) is 0 Å². The fourth-order valence-corrected chi connectivity index (χ4v) is 30.1. The molecule has 0 amide bonds. The first-order valence-corrected chi connectivity index (χ1v) is 53.2. The van der Waals surface area contributed by atoms with E-state index < -0.39 is 103 Å². The molecular weight excluding hydrogens is 1780 g/mol. The topological polar surface area (TPSA) is 305 Å². The zero-order chi connectivity index (χ0) is 91.1. The summed E-state index contributed by atoms with van der Waals surface area (Å²) in [7, 11) is -36.9. The molecule has 1 aliphatic rings. The SMILES string of the molecule is CCN(CCS(=O)(=O)N(c1ccccc1)S(=O)(=O)c1ccccc1)c1ccc([N+](=C2C=CC(=[N+](c3ccc(N(CC)CCS(=O)(=O)N(c4ccccc4)S(=O)(=O)c4ccccc4)cc3)c3ccc(N(CC)CCS(=O)(=O)N(c4ccccc4)S(=O)(=O)c4ccccc4)cc3)C=C2)c2ccc(N(CC)CCS(=O)(=O)N(c3ccccc3)S(=O)(=O)c3ccccc3)cc2)cc1. The predicted octanol–water partition coefficient (Wildman–Crippen LogP) is 15.3. The summed E-state index contributed by atoms with van der Waals surface area (Å²) in [4.78, 5) is 6.43. The quantitative estimate of drug-likeness (QED) is 0.0254. The summed E-state index contributed by atoms with van der Waals surface area (Å²) in [5.41, 5.74) is 5.86. The van der Waals surface area contributed by atoms with Gasteiger partial charge in [-0.2, -0.15) is 24.0 Å². The maximum absolute atomic E-state index is 14.6.